The Morgan fingerprint density at radius 3 is 1.65 bits per heavy atom. The van der Waals surface area contributed by atoms with Gasteiger partial charge in [0.15, 0.2) is 0 Å². The number of hydrogen-bond acceptors (Lipinski definition) is 8. The number of rotatable bonds is 6. The van der Waals surface area contributed by atoms with Gasteiger partial charge in [-0.15, -0.1) is 0 Å². The van der Waals surface area contributed by atoms with Gasteiger partial charge in [-0.3, -0.25) is 9.80 Å². The van der Waals surface area contributed by atoms with Gasteiger partial charge in [-0.1, -0.05) is 0 Å². The summed E-state index contributed by atoms with van der Waals surface area (Å²) in [4.78, 5) is 19.7. The summed E-state index contributed by atoms with van der Waals surface area (Å²) in [6.07, 6.45) is 2.50. The summed E-state index contributed by atoms with van der Waals surface area (Å²) in [5.41, 5.74) is 0. The molecule has 0 bridgehead atoms. The third-order valence-electron chi connectivity index (χ3n) is 7.27. The van der Waals surface area contributed by atoms with Gasteiger partial charge >= 0.3 is 0 Å². The average Bonchev–Trinajstić information content (AvgIpc) is 3.45. The SMILES string of the molecule is Cc1nc(N2CC[C@H](CN3CCOCC3)C2)cc(N2CC[C@@H](CN3CCOCC3)C2)n1. The number of aromatic nitrogens is 2. The van der Waals surface area contributed by atoms with Crippen molar-refractivity contribution in [3.05, 3.63) is 11.9 Å². The van der Waals surface area contributed by atoms with E-state index in [-0.39, 0.29) is 0 Å². The summed E-state index contributed by atoms with van der Waals surface area (Å²) in [7, 11) is 0. The lowest BCUT2D eigenvalue weighted by atomic mass is 10.1. The Hall–Kier alpha value is -1.48. The highest BCUT2D eigenvalue weighted by molar-refractivity contribution is 5.52. The monoisotopic (exact) mass is 430 g/mol. The molecular weight excluding hydrogens is 392 g/mol. The molecule has 1 aromatic rings. The highest BCUT2D eigenvalue weighted by Crippen LogP contribution is 2.29. The van der Waals surface area contributed by atoms with Gasteiger partial charge in [0, 0.05) is 71.5 Å². The minimum absolute atomic E-state index is 0.724. The van der Waals surface area contributed by atoms with Crippen LogP contribution in [0.4, 0.5) is 11.6 Å². The lowest BCUT2D eigenvalue weighted by Gasteiger charge is -2.29. The maximum atomic E-state index is 5.50. The van der Waals surface area contributed by atoms with Crippen molar-refractivity contribution in [2.24, 2.45) is 11.8 Å². The van der Waals surface area contributed by atoms with Gasteiger partial charge in [0.05, 0.1) is 26.4 Å². The second-order valence-electron chi connectivity index (χ2n) is 9.66. The molecule has 8 nitrogen and oxygen atoms in total. The van der Waals surface area contributed by atoms with E-state index < -0.39 is 0 Å². The van der Waals surface area contributed by atoms with E-state index in [1.807, 2.05) is 6.92 Å². The molecule has 4 aliphatic rings. The van der Waals surface area contributed by atoms with E-state index in [1.54, 1.807) is 0 Å². The number of nitrogens with zero attached hydrogens (tertiary/aromatic N) is 6. The first-order valence-corrected chi connectivity index (χ1v) is 12.2. The van der Waals surface area contributed by atoms with Gasteiger partial charge in [0.25, 0.3) is 0 Å². The average molecular weight is 431 g/mol. The molecule has 5 rings (SSSR count). The van der Waals surface area contributed by atoms with E-state index in [2.05, 4.69) is 25.7 Å². The highest BCUT2D eigenvalue weighted by atomic mass is 16.5. The Balaban J connectivity index is 1.17. The molecule has 0 radical (unpaired) electrons. The van der Waals surface area contributed by atoms with Crippen molar-refractivity contribution in [2.75, 3.05) is 102 Å². The van der Waals surface area contributed by atoms with E-state index in [4.69, 9.17) is 19.4 Å². The largest absolute Gasteiger partial charge is 0.379 e. The van der Waals surface area contributed by atoms with Crippen molar-refractivity contribution >= 4 is 11.6 Å². The summed E-state index contributed by atoms with van der Waals surface area (Å²) < 4.78 is 11.0. The maximum Gasteiger partial charge on any atom is 0.134 e. The predicted molar refractivity (Wildman–Crippen MR) is 122 cm³/mol. The molecule has 0 saturated carbocycles. The van der Waals surface area contributed by atoms with Crippen LogP contribution in [0, 0.1) is 18.8 Å². The third kappa shape index (κ3) is 5.48. The minimum Gasteiger partial charge on any atom is -0.379 e. The topological polar surface area (TPSA) is 57.2 Å². The van der Waals surface area contributed by atoms with Gasteiger partial charge < -0.3 is 19.3 Å². The van der Waals surface area contributed by atoms with Crippen molar-refractivity contribution in [3.63, 3.8) is 0 Å². The van der Waals surface area contributed by atoms with Gasteiger partial charge in [-0.2, -0.15) is 0 Å². The first kappa shape index (κ1) is 21.4. The molecular formula is C23H38N6O2. The Labute approximate surface area is 186 Å². The lowest BCUT2D eigenvalue weighted by Crippen LogP contribution is -2.40. The molecule has 4 aliphatic heterocycles. The number of ether oxygens (including phenoxy) is 2. The highest BCUT2D eigenvalue weighted by Gasteiger charge is 2.29. The van der Waals surface area contributed by atoms with Gasteiger partial charge in [-0.05, 0) is 31.6 Å². The molecule has 0 amide bonds. The van der Waals surface area contributed by atoms with Crippen LogP contribution in [0.25, 0.3) is 0 Å². The lowest BCUT2D eigenvalue weighted by molar-refractivity contribution is 0.0319. The Kier molecular flexibility index (Phi) is 6.88. The first-order chi connectivity index (χ1) is 15.2. The normalized spacial score (nSPS) is 28.5. The van der Waals surface area contributed by atoms with Gasteiger partial charge in [0.2, 0.25) is 0 Å². The first-order valence-electron chi connectivity index (χ1n) is 12.2. The summed E-state index contributed by atoms with van der Waals surface area (Å²) in [5, 5.41) is 0. The predicted octanol–water partition coefficient (Wildman–Crippen LogP) is 1.10. The second kappa shape index (κ2) is 9.98. The Morgan fingerprint density at radius 2 is 1.19 bits per heavy atom. The molecule has 172 valence electrons. The molecule has 8 heteroatoms. The minimum atomic E-state index is 0.724. The summed E-state index contributed by atoms with van der Waals surface area (Å²) in [6, 6.07) is 2.24. The number of morpholine rings is 2. The van der Waals surface area contributed by atoms with Crippen LogP contribution in [0.2, 0.25) is 0 Å². The van der Waals surface area contributed by atoms with E-state index in [0.717, 1.165) is 108 Å². The quantitative estimate of drug-likeness (QED) is 0.665. The Bertz CT molecular complexity index is 666. The molecule has 0 N–H and O–H groups in total. The molecule has 1 aromatic heterocycles. The molecule has 0 unspecified atom stereocenters. The molecule has 0 aromatic carbocycles. The number of anilines is 2. The zero-order valence-electron chi connectivity index (χ0n) is 19.0. The van der Waals surface area contributed by atoms with Crippen LogP contribution in [0.5, 0.6) is 0 Å². The van der Waals surface area contributed by atoms with E-state index in [9.17, 15) is 0 Å². The molecule has 0 spiro atoms. The van der Waals surface area contributed by atoms with Gasteiger partial charge in [0.1, 0.15) is 17.5 Å². The van der Waals surface area contributed by atoms with Gasteiger partial charge in [-0.25, -0.2) is 9.97 Å². The second-order valence-corrected chi connectivity index (χ2v) is 9.66. The fourth-order valence-electron chi connectivity index (χ4n) is 5.54. The van der Waals surface area contributed by atoms with Crippen LogP contribution in [0.15, 0.2) is 6.07 Å². The fourth-order valence-corrected chi connectivity index (χ4v) is 5.54. The maximum absolute atomic E-state index is 5.50. The number of hydrogen-bond donors (Lipinski definition) is 0. The molecule has 31 heavy (non-hydrogen) atoms. The summed E-state index contributed by atoms with van der Waals surface area (Å²) in [6.45, 7) is 16.7. The molecule has 4 fully saturated rings. The van der Waals surface area contributed by atoms with E-state index in [0.29, 0.717) is 0 Å². The summed E-state index contributed by atoms with van der Waals surface area (Å²) in [5.74, 6) is 4.57. The fraction of sp³-hybridized carbons (Fsp3) is 0.826. The zero-order chi connectivity index (χ0) is 21.0. The number of aryl methyl sites for hydroxylation is 1. The van der Waals surface area contributed by atoms with E-state index >= 15 is 0 Å². The van der Waals surface area contributed by atoms with Crippen molar-refractivity contribution in [1.82, 2.24) is 19.8 Å². The summed E-state index contributed by atoms with van der Waals surface area (Å²) >= 11 is 0. The molecule has 2 atom stereocenters. The molecule has 0 aliphatic carbocycles. The van der Waals surface area contributed by atoms with E-state index in [1.165, 1.54) is 25.9 Å². The van der Waals surface area contributed by atoms with Crippen LogP contribution < -0.4 is 9.80 Å². The van der Waals surface area contributed by atoms with Crippen LogP contribution in [0.3, 0.4) is 0 Å². The standard InChI is InChI=1S/C23H38N6O2/c1-19-24-22(28-4-2-20(17-28)15-26-6-10-30-11-7-26)14-23(25-19)29-5-3-21(18-29)16-27-8-12-31-13-9-27/h14,20-21H,2-13,15-18H2,1H3/t20-,21+. The van der Waals surface area contributed by atoms with Crippen LogP contribution in [-0.4, -0.2) is 112 Å². The smallest absolute Gasteiger partial charge is 0.134 e. The third-order valence-corrected chi connectivity index (χ3v) is 7.27. The van der Waals surface area contributed by atoms with Crippen molar-refractivity contribution in [3.8, 4) is 0 Å². The van der Waals surface area contributed by atoms with Crippen LogP contribution in [0.1, 0.15) is 18.7 Å². The van der Waals surface area contributed by atoms with Crippen LogP contribution in [-0.2, 0) is 9.47 Å². The zero-order valence-corrected chi connectivity index (χ0v) is 19.0. The molecule has 5 heterocycles. The Morgan fingerprint density at radius 1 is 0.742 bits per heavy atom. The molecule has 4 saturated heterocycles. The van der Waals surface area contributed by atoms with Crippen molar-refractivity contribution in [1.29, 1.82) is 0 Å². The van der Waals surface area contributed by atoms with Crippen LogP contribution >= 0.6 is 0 Å². The van der Waals surface area contributed by atoms with Crippen molar-refractivity contribution < 1.29 is 9.47 Å². The van der Waals surface area contributed by atoms with Crippen molar-refractivity contribution in [2.45, 2.75) is 19.8 Å².